The number of carboxylic acids is 1. The van der Waals surface area contributed by atoms with Crippen LogP contribution in [0.3, 0.4) is 0 Å². The van der Waals surface area contributed by atoms with Gasteiger partial charge in [0.25, 0.3) is 0 Å². The van der Waals surface area contributed by atoms with Gasteiger partial charge in [0.2, 0.25) is 5.91 Å². The van der Waals surface area contributed by atoms with E-state index in [-0.39, 0.29) is 18.0 Å². The Kier molecular flexibility index (Phi) is 5.03. The zero-order valence-corrected chi connectivity index (χ0v) is 12.4. The molecule has 0 aromatic carbocycles. The van der Waals surface area contributed by atoms with Gasteiger partial charge in [-0.3, -0.25) is 9.59 Å². The maximum atomic E-state index is 12.4. The first kappa shape index (κ1) is 15.6. The SMILES string of the molecule is CC(=O)NC1CCN(C(=O)N2CCC[C@@H](C(=O)O)C2)CC1. The van der Waals surface area contributed by atoms with Crippen molar-refractivity contribution >= 4 is 17.9 Å². The molecule has 2 rings (SSSR count). The van der Waals surface area contributed by atoms with Crippen molar-refractivity contribution in [2.75, 3.05) is 26.2 Å². The summed E-state index contributed by atoms with van der Waals surface area (Å²) in [6, 6.07) is 0.0712. The lowest BCUT2D eigenvalue weighted by Crippen LogP contribution is -2.53. The molecule has 7 heteroatoms. The summed E-state index contributed by atoms with van der Waals surface area (Å²) in [6.07, 6.45) is 2.89. The van der Waals surface area contributed by atoms with E-state index < -0.39 is 11.9 Å². The number of amides is 3. The van der Waals surface area contributed by atoms with Gasteiger partial charge in [0, 0.05) is 39.1 Å². The monoisotopic (exact) mass is 297 g/mol. The topological polar surface area (TPSA) is 90.0 Å². The summed E-state index contributed by atoms with van der Waals surface area (Å²) < 4.78 is 0. The number of carbonyl (C=O) groups is 3. The van der Waals surface area contributed by atoms with Crippen LogP contribution in [0.4, 0.5) is 4.79 Å². The van der Waals surface area contributed by atoms with Gasteiger partial charge in [0.1, 0.15) is 0 Å². The van der Waals surface area contributed by atoms with E-state index in [9.17, 15) is 14.4 Å². The summed E-state index contributed by atoms with van der Waals surface area (Å²) in [5.74, 6) is -1.31. The molecule has 2 saturated heterocycles. The molecule has 2 aliphatic heterocycles. The third-order valence-corrected chi connectivity index (χ3v) is 4.21. The zero-order chi connectivity index (χ0) is 15.4. The molecule has 0 saturated carbocycles. The van der Waals surface area contributed by atoms with E-state index in [0.717, 1.165) is 19.3 Å². The molecule has 1 atom stereocenters. The smallest absolute Gasteiger partial charge is 0.320 e. The van der Waals surface area contributed by atoms with Gasteiger partial charge in [0.05, 0.1) is 5.92 Å². The van der Waals surface area contributed by atoms with Crippen molar-refractivity contribution < 1.29 is 19.5 Å². The highest BCUT2D eigenvalue weighted by molar-refractivity contribution is 5.77. The molecule has 0 aromatic heterocycles. The van der Waals surface area contributed by atoms with E-state index in [1.807, 2.05) is 0 Å². The Labute approximate surface area is 124 Å². The van der Waals surface area contributed by atoms with Crippen molar-refractivity contribution in [1.82, 2.24) is 15.1 Å². The highest BCUT2D eigenvalue weighted by Crippen LogP contribution is 2.20. The minimum atomic E-state index is -0.822. The highest BCUT2D eigenvalue weighted by Gasteiger charge is 2.32. The molecule has 0 unspecified atom stereocenters. The lowest BCUT2D eigenvalue weighted by atomic mass is 9.98. The van der Waals surface area contributed by atoms with E-state index in [4.69, 9.17) is 5.11 Å². The Morgan fingerprint density at radius 1 is 1.05 bits per heavy atom. The van der Waals surface area contributed by atoms with E-state index in [0.29, 0.717) is 32.6 Å². The van der Waals surface area contributed by atoms with Crippen LogP contribution in [-0.4, -0.2) is 65.0 Å². The maximum Gasteiger partial charge on any atom is 0.320 e. The number of likely N-dealkylation sites (tertiary alicyclic amines) is 2. The molecule has 21 heavy (non-hydrogen) atoms. The third-order valence-electron chi connectivity index (χ3n) is 4.21. The van der Waals surface area contributed by atoms with Crippen LogP contribution in [0.25, 0.3) is 0 Å². The van der Waals surface area contributed by atoms with Gasteiger partial charge in [-0.15, -0.1) is 0 Å². The lowest BCUT2D eigenvalue weighted by molar-refractivity contribution is -0.143. The van der Waals surface area contributed by atoms with Crippen LogP contribution in [0.2, 0.25) is 0 Å². The molecule has 0 aromatic rings. The van der Waals surface area contributed by atoms with Crippen molar-refractivity contribution in [1.29, 1.82) is 0 Å². The predicted molar refractivity (Wildman–Crippen MR) is 75.7 cm³/mol. The fourth-order valence-corrected chi connectivity index (χ4v) is 3.06. The minimum absolute atomic E-state index is 0.0416. The average molecular weight is 297 g/mol. The first-order valence-corrected chi connectivity index (χ1v) is 7.51. The van der Waals surface area contributed by atoms with Crippen LogP contribution in [0.1, 0.15) is 32.6 Å². The van der Waals surface area contributed by atoms with Crippen LogP contribution in [-0.2, 0) is 9.59 Å². The van der Waals surface area contributed by atoms with Gasteiger partial charge in [0.15, 0.2) is 0 Å². The van der Waals surface area contributed by atoms with E-state index in [1.54, 1.807) is 9.80 Å². The Morgan fingerprint density at radius 3 is 2.29 bits per heavy atom. The number of hydrogen-bond donors (Lipinski definition) is 2. The molecule has 2 N–H and O–H groups in total. The van der Waals surface area contributed by atoms with Crippen LogP contribution < -0.4 is 5.32 Å². The van der Waals surface area contributed by atoms with Crippen molar-refractivity contribution in [2.24, 2.45) is 5.92 Å². The largest absolute Gasteiger partial charge is 0.481 e. The fraction of sp³-hybridized carbons (Fsp3) is 0.786. The molecule has 0 spiro atoms. The number of carbonyl (C=O) groups excluding carboxylic acids is 2. The molecular formula is C14H23N3O4. The molecule has 2 fully saturated rings. The number of rotatable bonds is 2. The Bertz CT molecular complexity index is 418. The van der Waals surface area contributed by atoms with E-state index in [1.165, 1.54) is 6.92 Å². The summed E-state index contributed by atoms with van der Waals surface area (Å²) in [7, 11) is 0. The fourth-order valence-electron chi connectivity index (χ4n) is 3.06. The van der Waals surface area contributed by atoms with Gasteiger partial charge in [-0.2, -0.15) is 0 Å². The first-order chi connectivity index (χ1) is 9.97. The van der Waals surface area contributed by atoms with Crippen LogP contribution in [0, 0.1) is 5.92 Å². The standard InChI is InChI=1S/C14H23N3O4/c1-10(18)15-12-4-7-16(8-5-12)14(21)17-6-2-3-11(9-17)13(19)20/h11-12H,2-9H2,1H3,(H,15,18)(H,19,20)/t11-/m1/s1. The summed E-state index contributed by atoms with van der Waals surface area (Å²) in [5, 5.41) is 11.9. The van der Waals surface area contributed by atoms with Gasteiger partial charge in [-0.05, 0) is 25.7 Å². The number of nitrogens with zero attached hydrogens (tertiary/aromatic N) is 2. The molecule has 0 radical (unpaired) electrons. The van der Waals surface area contributed by atoms with E-state index >= 15 is 0 Å². The molecule has 2 heterocycles. The van der Waals surface area contributed by atoms with Gasteiger partial charge in [-0.25, -0.2) is 4.79 Å². The third kappa shape index (κ3) is 4.09. The zero-order valence-electron chi connectivity index (χ0n) is 12.4. The number of hydrogen-bond acceptors (Lipinski definition) is 3. The second-order valence-electron chi connectivity index (χ2n) is 5.87. The maximum absolute atomic E-state index is 12.4. The summed E-state index contributed by atoms with van der Waals surface area (Å²) in [4.78, 5) is 37.9. The van der Waals surface area contributed by atoms with Crippen molar-refractivity contribution in [3.05, 3.63) is 0 Å². The molecule has 7 nitrogen and oxygen atoms in total. The lowest BCUT2D eigenvalue weighted by Gasteiger charge is -2.38. The van der Waals surface area contributed by atoms with Gasteiger partial charge in [-0.1, -0.05) is 0 Å². The molecular weight excluding hydrogens is 274 g/mol. The molecule has 0 aliphatic carbocycles. The Hall–Kier alpha value is -1.79. The van der Waals surface area contributed by atoms with Gasteiger partial charge < -0.3 is 20.2 Å². The second kappa shape index (κ2) is 6.78. The number of aliphatic carboxylic acids is 1. The summed E-state index contributed by atoms with van der Waals surface area (Å²) in [5.41, 5.74) is 0. The van der Waals surface area contributed by atoms with Crippen LogP contribution in [0.5, 0.6) is 0 Å². The molecule has 118 valence electrons. The summed E-state index contributed by atoms with van der Waals surface area (Å²) >= 11 is 0. The molecule has 0 bridgehead atoms. The normalized spacial score (nSPS) is 23.8. The Balaban J connectivity index is 1.84. The summed E-state index contributed by atoms with van der Waals surface area (Å²) in [6.45, 7) is 3.65. The number of urea groups is 1. The van der Waals surface area contributed by atoms with Crippen LogP contribution >= 0.6 is 0 Å². The minimum Gasteiger partial charge on any atom is -0.481 e. The predicted octanol–water partition coefficient (Wildman–Crippen LogP) is 0.504. The quantitative estimate of drug-likeness (QED) is 0.777. The van der Waals surface area contributed by atoms with E-state index in [2.05, 4.69) is 5.32 Å². The van der Waals surface area contributed by atoms with Crippen molar-refractivity contribution in [2.45, 2.75) is 38.6 Å². The average Bonchev–Trinajstić information content (AvgIpc) is 2.47. The van der Waals surface area contributed by atoms with Crippen molar-refractivity contribution in [3.63, 3.8) is 0 Å². The van der Waals surface area contributed by atoms with Gasteiger partial charge >= 0.3 is 12.0 Å². The number of carboxylic acid groups (broad SMARTS) is 1. The Morgan fingerprint density at radius 2 is 1.71 bits per heavy atom. The van der Waals surface area contributed by atoms with Crippen LogP contribution in [0.15, 0.2) is 0 Å². The van der Waals surface area contributed by atoms with Crippen molar-refractivity contribution in [3.8, 4) is 0 Å². The number of nitrogens with one attached hydrogen (secondary N) is 1. The highest BCUT2D eigenvalue weighted by atomic mass is 16.4. The number of piperidine rings is 2. The molecule has 2 aliphatic rings. The molecule has 3 amide bonds. The first-order valence-electron chi connectivity index (χ1n) is 7.51. The second-order valence-corrected chi connectivity index (χ2v) is 5.87.